The van der Waals surface area contributed by atoms with Crippen LogP contribution in [0, 0.1) is 25.7 Å². The van der Waals surface area contributed by atoms with Crippen LogP contribution in [0.2, 0.25) is 0 Å². The Morgan fingerprint density at radius 1 is 1.22 bits per heavy atom. The number of carbonyl (C=O) groups is 1. The molecule has 27 heavy (non-hydrogen) atoms. The van der Waals surface area contributed by atoms with Crippen molar-refractivity contribution in [3.05, 3.63) is 29.3 Å². The second-order valence-electron chi connectivity index (χ2n) is 7.66. The predicted octanol–water partition coefficient (Wildman–Crippen LogP) is 0.401. The molecule has 2 saturated heterocycles. The van der Waals surface area contributed by atoms with Crippen molar-refractivity contribution in [3.63, 3.8) is 0 Å². The normalized spacial score (nSPS) is 24.9. The van der Waals surface area contributed by atoms with Gasteiger partial charge in [0.1, 0.15) is 0 Å². The van der Waals surface area contributed by atoms with Crippen LogP contribution in [0.1, 0.15) is 24.0 Å². The van der Waals surface area contributed by atoms with Crippen molar-refractivity contribution in [2.24, 2.45) is 11.8 Å². The average molecular weight is 396 g/mol. The molecule has 2 fully saturated rings. The van der Waals surface area contributed by atoms with Gasteiger partial charge in [-0.25, -0.2) is 8.42 Å². The third-order valence-electron chi connectivity index (χ3n) is 5.78. The molecule has 2 atom stereocenters. The average Bonchev–Trinajstić information content (AvgIpc) is 3.07. The van der Waals surface area contributed by atoms with E-state index in [0.29, 0.717) is 50.5 Å². The Balaban J connectivity index is 1.54. The number of carbonyl (C=O) groups excluding carboxylic acids is 1. The Hall–Kier alpha value is -1.48. The summed E-state index contributed by atoms with van der Waals surface area (Å²) in [5, 5.41) is 15.8. The van der Waals surface area contributed by atoms with Crippen molar-refractivity contribution >= 4 is 15.9 Å². The molecule has 2 aliphatic rings. The number of aryl methyl sites for hydroxylation is 2. The Morgan fingerprint density at radius 2 is 1.93 bits per heavy atom. The quantitative estimate of drug-likeness (QED) is 0.670. The van der Waals surface area contributed by atoms with Crippen LogP contribution in [0.25, 0.3) is 0 Å². The molecular formula is C19H29N3O4S. The number of nitrogens with zero attached hydrogens (tertiary/aromatic N) is 1. The third kappa shape index (κ3) is 4.51. The summed E-state index contributed by atoms with van der Waals surface area (Å²) in [6, 6.07) is 5.19. The van der Waals surface area contributed by atoms with E-state index in [9.17, 15) is 18.3 Å². The Morgan fingerprint density at radius 3 is 2.52 bits per heavy atom. The van der Waals surface area contributed by atoms with Crippen molar-refractivity contribution in [2.45, 2.75) is 37.7 Å². The van der Waals surface area contributed by atoms with E-state index in [1.807, 2.05) is 19.9 Å². The lowest BCUT2D eigenvalue weighted by molar-refractivity contribution is -0.126. The van der Waals surface area contributed by atoms with E-state index in [4.69, 9.17) is 0 Å². The number of amides is 1. The zero-order valence-corrected chi connectivity index (χ0v) is 16.8. The maximum absolute atomic E-state index is 12.9. The molecule has 0 radical (unpaired) electrons. The molecule has 2 heterocycles. The van der Waals surface area contributed by atoms with Gasteiger partial charge in [0.15, 0.2) is 0 Å². The number of nitrogens with one attached hydrogen (secondary N) is 2. The number of hydrogen-bond donors (Lipinski definition) is 3. The van der Waals surface area contributed by atoms with Crippen LogP contribution in [0.5, 0.6) is 0 Å². The second-order valence-corrected chi connectivity index (χ2v) is 9.59. The van der Waals surface area contributed by atoms with Gasteiger partial charge in [0.25, 0.3) is 0 Å². The molecule has 2 aliphatic heterocycles. The van der Waals surface area contributed by atoms with Gasteiger partial charge < -0.3 is 15.7 Å². The highest BCUT2D eigenvalue weighted by Gasteiger charge is 2.33. The second kappa shape index (κ2) is 8.26. The first-order valence-corrected chi connectivity index (χ1v) is 11.0. The number of benzene rings is 1. The van der Waals surface area contributed by atoms with Crippen LogP contribution < -0.4 is 10.6 Å². The number of rotatable bonds is 5. The lowest BCUT2D eigenvalue weighted by Crippen LogP contribution is -2.44. The maximum Gasteiger partial charge on any atom is 0.243 e. The molecule has 3 N–H and O–H groups in total. The van der Waals surface area contributed by atoms with Gasteiger partial charge in [-0.15, -0.1) is 0 Å². The van der Waals surface area contributed by atoms with Gasteiger partial charge in [0.05, 0.1) is 11.0 Å². The number of β-amino-alcohol motifs (C(OH)–C–C–N with tert-alkyl or cyclic N) is 1. The summed E-state index contributed by atoms with van der Waals surface area (Å²) in [7, 11) is -3.52. The zero-order chi connectivity index (χ0) is 19.6. The molecule has 8 heteroatoms. The molecule has 150 valence electrons. The summed E-state index contributed by atoms with van der Waals surface area (Å²) in [6.07, 6.45) is 0.609. The van der Waals surface area contributed by atoms with E-state index in [-0.39, 0.29) is 17.7 Å². The molecule has 0 aliphatic carbocycles. The number of aliphatic hydroxyl groups excluding tert-OH is 1. The van der Waals surface area contributed by atoms with Gasteiger partial charge in [-0.2, -0.15) is 4.31 Å². The van der Waals surface area contributed by atoms with Crippen LogP contribution in [0.4, 0.5) is 0 Å². The fraction of sp³-hybridized carbons (Fsp3) is 0.632. The minimum absolute atomic E-state index is 0.0409. The molecule has 1 amide bonds. The van der Waals surface area contributed by atoms with Gasteiger partial charge in [-0.3, -0.25) is 4.79 Å². The molecule has 2 unspecified atom stereocenters. The number of hydrogen-bond acceptors (Lipinski definition) is 5. The number of aliphatic hydroxyl groups is 1. The third-order valence-corrected chi connectivity index (χ3v) is 7.68. The lowest BCUT2D eigenvalue weighted by atomic mass is 9.97. The minimum atomic E-state index is -3.52. The highest BCUT2D eigenvalue weighted by Crippen LogP contribution is 2.25. The molecule has 0 bridgehead atoms. The van der Waals surface area contributed by atoms with Crippen molar-refractivity contribution in [2.75, 3.05) is 32.7 Å². The fourth-order valence-electron chi connectivity index (χ4n) is 3.69. The Kier molecular flexibility index (Phi) is 6.20. The monoisotopic (exact) mass is 395 g/mol. The summed E-state index contributed by atoms with van der Waals surface area (Å²) in [5.74, 6) is -0.181. The molecule has 7 nitrogen and oxygen atoms in total. The summed E-state index contributed by atoms with van der Waals surface area (Å²) in [4.78, 5) is 12.7. The first-order valence-electron chi connectivity index (χ1n) is 9.53. The predicted molar refractivity (Wildman–Crippen MR) is 103 cm³/mol. The van der Waals surface area contributed by atoms with Crippen molar-refractivity contribution in [1.29, 1.82) is 0 Å². The summed E-state index contributed by atoms with van der Waals surface area (Å²) in [5.41, 5.74) is 2.01. The van der Waals surface area contributed by atoms with Crippen LogP contribution in [0.3, 0.4) is 0 Å². The highest BCUT2D eigenvalue weighted by molar-refractivity contribution is 7.89. The Bertz CT molecular complexity index is 788. The lowest BCUT2D eigenvalue weighted by Gasteiger charge is -2.31. The SMILES string of the molecule is Cc1ccc(S(=O)(=O)N2CCC(C(=O)NCC3CNCC3O)CC2)cc1C. The highest BCUT2D eigenvalue weighted by atomic mass is 32.2. The first-order chi connectivity index (χ1) is 12.8. The number of piperidine rings is 1. The number of sulfonamides is 1. The summed E-state index contributed by atoms with van der Waals surface area (Å²) in [6.45, 7) is 6.28. The smallest absolute Gasteiger partial charge is 0.243 e. The molecule has 0 spiro atoms. The van der Waals surface area contributed by atoms with Crippen molar-refractivity contribution < 1.29 is 18.3 Å². The molecule has 1 aromatic rings. The first kappa shape index (κ1) is 20.3. The van der Waals surface area contributed by atoms with Gasteiger partial charge in [-0.1, -0.05) is 6.07 Å². The van der Waals surface area contributed by atoms with E-state index < -0.39 is 16.1 Å². The van der Waals surface area contributed by atoms with Crippen LogP contribution in [-0.2, 0) is 14.8 Å². The fourth-order valence-corrected chi connectivity index (χ4v) is 5.24. The molecule has 3 rings (SSSR count). The van der Waals surface area contributed by atoms with Gasteiger partial charge in [-0.05, 0) is 49.9 Å². The van der Waals surface area contributed by atoms with E-state index in [1.54, 1.807) is 12.1 Å². The van der Waals surface area contributed by atoms with Crippen molar-refractivity contribution in [1.82, 2.24) is 14.9 Å². The topological polar surface area (TPSA) is 98.7 Å². The maximum atomic E-state index is 12.9. The van der Waals surface area contributed by atoms with Gasteiger partial charge in [0.2, 0.25) is 15.9 Å². The molecular weight excluding hydrogens is 366 g/mol. The van der Waals surface area contributed by atoms with Crippen LogP contribution in [0.15, 0.2) is 23.1 Å². The van der Waals surface area contributed by atoms with Crippen molar-refractivity contribution in [3.8, 4) is 0 Å². The van der Waals surface area contributed by atoms with E-state index >= 15 is 0 Å². The van der Waals surface area contributed by atoms with Gasteiger partial charge in [0, 0.05) is 44.6 Å². The van der Waals surface area contributed by atoms with Crippen LogP contribution >= 0.6 is 0 Å². The van der Waals surface area contributed by atoms with E-state index in [1.165, 1.54) is 4.31 Å². The zero-order valence-electron chi connectivity index (χ0n) is 15.9. The van der Waals surface area contributed by atoms with E-state index in [0.717, 1.165) is 11.1 Å². The summed E-state index contributed by atoms with van der Waals surface area (Å²) >= 11 is 0. The molecule has 0 aromatic heterocycles. The standard InChI is InChI=1S/C19H29N3O4S/c1-13-3-4-17(9-14(13)2)27(25,26)22-7-5-15(6-8-22)19(24)21-11-16-10-20-12-18(16)23/h3-4,9,15-16,18,20,23H,5-8,10-12H2,1-2H3,(H,21,24). The van der Waals surface area contributed by atoms with Gasteiger partial charge >= 0.3 is 0 Å². The Labute approximate surface area is 161 Å². The minimum Gasteiger partial charge on any atom is -0.391 e. The largest absolute Gasteiger partial charge is 0.391 e. The molecule has 0 saturated carbocycles. The summed E-state index contributed by atoms with van der Waals surface area (Å²) < 4.78 is 27.2. The van der Waals surface area contributed by atoms with Crippen LogP contribution in [-0.4, -0.2) is 62.6 Å². The molecule has 1 aromatic carbocycles. The van der Waals surface area contributed by atoms with E-state index in [2.05, 4.69) is 10.6 Å².